The van der Waals surface area contributed by atoms with Crippen molar-refractivity contribution < 1.29 is 19.1 Å². The van der Waals surface area contributed by atoms with Crippen molar-refractivity contribution in [1.82, 2.24) is 0 Å². The van der Waals surface area contributed by atoms with E-state index in [-0.39, 0.29) is 46.9 Å². The van der Waals surface area contributed by atoms with Gasteiger partial charge in [-0.1, -0.05) is 50.8 Å². The van der Waals surface area contributed by atoms with E-state index in [0.717, 1.165) is 19.3 Å². The Labute approximate surface area is 166 Å². The van der Waals surface area contributed by atoms with Crippen molar-refractivity contribution in [3.63, 3.8) is 0 Å². The molecule has 1 saturated heterocycles. The van der Waals surface area contributed by atoms with Gasteiger partial charge in [-0.25, -0.2) is 0 Å². The molecule has 28 heavy (non-hydrogen) atoms. The monoisotopic (exact) mass is 380 g/mol. The highest BCUT2D eigenvalue weighted by Crippen LogP contribution is 2.67. The topological polar surface area (TPSA) is 52.6 Å². The molecule has 1 saturated carbocycles. The smallest absolute Gasteiger partial charge is 0.188 e. The predicted octanol–water partition coefficient (Wildman–Crippen LogP) is 3.71. The van der Waals surface area contributed by atoms with Crippen molar-refractivity contribution in [3.8, 4) is 0 Å². The van der Waals surface area contributed by atoms with E-state index in [9.17, 15) is 9.59 Å². The van der Waals surface area contributed by atoms with E-state index in [1.54, 1.807) is 12.2 Å². The first-order valence-electron chi connectivity index (χ1n) is 11.0. The Morgan fingerprint density at radius 1 is 1.07 bits per heavy atom. The van der Waals surface area contributed by atoms with Gasteiger partial charge in [-0.2, -0.15) is 0 Å². The van der Waals surface area contributed by atoms with E-state index in [1.165, 1.54) is 30.4 Å². The molecule has 4 bridgehead atoms. The number of carbonyl (C=O) groups is 2. The fraction of sp³-hybridized carbons (Fsp3) is 0.667. The van der Waals surface area contributed by atoms with Gasteiger partial charge in [-0.3, -0.25) is 9.59 Å². The van der Waals surface area contributed by atoms with Gasteiger partial charge in [0.2, 0.25) is 0 Å². The lowest BCUT2D eigenvalue weighted by atomic mass is 9.56. The highest BCUT2D eigenvalue weighted by atomic mass is 16.5. The number of rotatable bonds is 1. The Morgan fingerprint density at radius 3 is 2.61 bits per heavy atom. The maximum absolute atomic E-state index is 13.3. The highest BCUT2D eigenvalue weighted by molar-refractivity contribution is 6.00. The third kappa shape index (κ3) is 1.85. The van der Waals surface area contributed by atoms with Crippen LogP contribution in [0.25, 0.3) is 0 Å². The summed E-state index contributed by atoms with van der Waals surface area (Å²) >= 11 is 0. The second-order valence-electron chi connectivity index (χ2n) is 9.95. The molecule has 6 atom stereocenters. The second kappa shape index (κ2) is 5.54. The fourth-order valence-corrected chi connectivity index (χ4v) is 7.47. The minimum atomic E-state index is -0.774. The summed E-state index contributed by atoms with van der Waals surface area (Å²) in [6.45, 7) is 4.24. The molecule has 2 unspecified atom stereocenters. The number of hydrogen-bond acceptors (Lipinski definition) is 4. The van der Waals surface area contributed by atoms with Crippen LogP contribution in [0.3, 0.4) is 0 Å². The normalized spacial score (nSPS) is 45.2. The summed E-state index contributed by atoms with van der Waals surface area (Å²) in [7, 11) is 0. The third-order valence-corrected chi connectivity index (χ3v) is 8.56. The Kier molecular flexibility index (Phi) is 3.43. The van der Waals surface area contributed by atoms with Crippen LogP contribution < -0.4 is 0 Å². The zero-order valence-corrected chi connectivity index (χ0v) is 16.6. The Morgan fingerprint density at radius 2 is 1.86 bits per heavy atom. The molecule has 2 fully saturated rings. The van der Waals surface area contributed by atoms with E-state index in [0.29, 0.717) is 0 Å². The van der Waals surface area contributed by atoms with Gasteiger partial charge in [0, 0.05) is 17.3 Å². The number of ether oxygens (including phenoxy) is 2. The molecular weight excluding hydrogens is 352 g/mol. The van der Waals surface area contributed by atoms with Crippen molar-refractivity contribution >= 4 is 11.6 Å². The summed E-state index contributed by atoms with van der Waals surface area (Å²) in [5, 5.41) is 0. The largest absolute Gasteiger partial charge is 0.358 e. The molecule has 4 heteroatoms. The average molecular weight is 380 g/mol. The van der Waals surface area contributed by atoms with Gasteiger partial charge in [0.05, 0.1) is 12.2 Å². The fourth-order valence-electron chi connectivity index (χ4n) is 7.47. The first-order chi connectivity index (χ1) is 13.5. The van der Waals surface area contributed by atoms with E-state index in [2.05, 4.69) is 13.8 Å². The molecule has 0 amide bonds. The van der Waals surface area contributed by atoms with Crippen LogP contribution in [0.1, 0.15) is 52.4 Å². The number of carbonyl (C=O) groups excluding carboxylic acids is 2. The van der Waals surface area contributed by atoms with E-state index < -0.39 is 11.7 Å². The molecule has 148 valence electrons. The Hall–Kier alpha value is -1.52. The highest BCUT2D eigenvalue weighted by Gasteiger charge is 2.69. The van der Waals surface area contributed by atoms with Crippen LogP contribution in [0, 0.1) is 23.2 Å². The molecule has 6 rings (SSSR count). The molecule has 0 aromatic carbocycles. The van der Waals surface area contributed by atoms with Crippen molar-refractivity contribution in [2.45, 2.75) is 76.3 Å². The molecule has 0 N–H and O–H groups in total. The number of ketones is 2. The SMILES string of the molecule is CC(C)[C@@]12O[C@@H](C=CC1=O)C1CC3=C(C12)C1(CCCCC1)[C@@H]1C=CC(=O)[C@H]3O1. The van der Waals surface area contributed by atoms with Crippen LogP contribution in [0.4, 0.5) is 0 Å². The van der Waals surface area contributed by atoms with Gasteiger partial charge >= 0.3 is 0 Å². The first kappa shape index (κ1) is 17.3. The first-order valence-corrected chi connectivity index (χ1v) is 11.0. The summed E-state index contributed by atoms with van der Waals surface area (Å²) in [5.74, 6) is 0.625. The summed E-state index contributed by atoms with van der Waals surface area (Å²) < 4.78 is 13.0. The quantitative estimate of drug-likeness (QED) is 0.651. The van der Waals surface area contributed by atoms with Gasteiger partial charge in [-0.05, 0) is 42.9 Å². The molecule has 1 spiro atoms. The van der Waals surface area contributed by atoms with Crippen LogP contribution in [0.15, 0.2) is 35.5 Å². The van der Waals surface area contributed by atoms with Crippen LogP contribution in [-0.4, -0.2) is 35.5 Å². The average Bonchev–Trinajstić information content (AvgIpc) is 3.21. The minimum absolute atomic E-state index is 0.0285. The zero-order valence-electron chi connectivity index (χ0n) is 16.6. The number of fused-ring (bicyclic) bond motifs is 11. The van der Waals surface area contributed by atoms with Crippen LogP contribution in [0.5, 0.6) is 0 Å². The van der Waals surface area contributed by atoms with Gasteiger partial charge in [0.1, 0.15) is 11.7 Å². The van der Waals surface area contributed by atoms with Gasteiger partial charge in [0.15, 0.2) is 11.6 Å². The van der Waals surface area contributed by atoms with Gasteiger partial charge < -0.3 is 9.47 Å². The molecule has 4 nitrogen and oxygen atoms in total. The molecule has 2 aliphatic carbocycles. The van der Waals surface area contributed by atoms with Crippen molar-refractivity contribution in [2.75, 3.05) is 0 Å². The molecule has 0 radical (unpaired) electrons. The lowest BCUT2D eigenvalue weighted by Gasteiger charge is -2.53. The maximum Gasteiger partial charge on any atom is 0.188 e. The van der Waals surface area contributed by atoms with Crippen molar-refractivity contribution in [2.24, 2.45) is 23.2 Å². The number of hydrogen-bond donors (Lipinski definition) is 0. The second-order valence-corrected chi connectivity index (χ2v) is 9.95. The molecule has 4 aliphatic heterocycles. The van der Waals surface area contributed by atoms with E-state index >= 15 is 0 Å². The van der Waals surface area contributed by atoms with Gasteiger partial charge in [0.25, 0.3) is 0 Å². The standard InChI is InChI=1S/C24H28O4/c1-13(2)24-18(26)8-7-17(28-24)14-12-15-20(21(14)24)23(10-4-3-5-11-23)19-9-6-16(25)22(15)27-19/h6-9,13-14,17,19,21-22H,3-5,10-12H2,1-2H3/t14?,17-,19-,21?,22-,24+/m0/s1. The molecule has 0 aromatic rings. The summed E-state index contributed by atoms with van der Waals surface area (Å²) in [6.07, 6.45) is 13.6. The Balaban J connectivity index is 1.58. The van der Waals surface area contributed by atoms with Crippen LogP contribution in [0.2, 0.25) is 0 Å². The third-order valence-electron chi connectivity index (χ3n) is 8.56. The maximum atomic E-state index is 13.3. The van der Waals surface area contributed by atoms with Crippen LogP contribution in [-0.2, 0) is 19.1 Å². The van der Waals surface area contributed by atoms with Crippen LogP contribution >= 0.6 is 0 Å². The minimum Gasteiger partial charge on any atom is -0.358 e. The lowest BCUT2D eigenvalue weighted by Crippen LogP contribution is -2.56. The summed E-state index contributed by atoms with van der Waals surface area (Å²) in [4.78, 5) is 26.0. The van der Waals surface area contributed by atoms with E-state index in [4.69, 9.17) is 9.47 Å². The van der Waals surface area contributed by atoms with Gasteiger partial charge in [-0.15, -0.1) is 0 Å². The molecule has 6 aliphatic rings. The molecule has 4 heterocycles. The lowest BCUT2D eigenvalue weighted by molar-refractivity contribution is -0.151. The molecule has 0 aromatic heterocycles. The molecular formula is C24H28O4. The zero-order chi connectivity index (χ0) is 19.3. The Bertz CT molecular complexity index is 856. The predicted molar refractivity (Wildman–Crippen MR) is 104 cm³/mol. The summed E-state index contributed by atoms with van der Waals surface area (Å²) in [6, 6.07) is 0. The summed E-state index contributed by atoms with van der Waals surface area (Å²) in [5.41, 5.74) is 1.75. The van der Waals surface area contributed by atoms with E-state index in [1.807, 2.05) is 12.2 Å². The van der Waals surface area contributed by atoms with Crippen molar-refractivity contribution in [3.05, 3.63) is 35.5 Å². The van der Waals surface area contributed by atoms with Crippen molar-refractivity contribution in [1.29, 1.82) is 0 Å².